The Kier molecular flexibility index (Phi) is 3.53. The average Bonchev–Trinajstić information content (AvgIpc) is 2.72. The van der Waals surface area contributed by atoms with Gasteiger partial charge in [-0.25, -0.2) is 9.78 Å². The standard InChI is InChI=1S/C12H12ClN3O2/c1-16-5-4-14-11(16)7-15-10-6-8(13)2-3-9(10)12(17)18/h2-6,15H,7H2,1H3,(H,17,18). The minimum atomic E-state index is -0.992. The Labute approximate surface area is 109 Å². The monoisotopic (exact) mass is 265 g/mol. The van der Waals surface area contributed by atoms with Crippen molar-refractivity contribution in [1.29, 1.82) is 0 Å². The molecule has 1 aromatic heterocycles. The zero-order valence-electron chi connectivity index (χ0n) is 9.72. The second-order valence-electron chi connectivity index (χ2n) is 3.80. The highest BCUT2D eigenvalue weighted by Gasteiger charge is 2.10. The van der Waals surface area contributed by atoms with Crippen LogP contribution in [0.2, 0.25) is 5.02 Å². The molecule has 0 amide bonds. The molecule has 0 bridgehead atoms. The van der Waals surface area contributed by atoms with Crippen LogP contribution in [-0.4, -0.2) is 20.6 Å². The van der Waals surface area contributed by atoms with E-state index in [2.05, 4.69) is 10.3 Å². The van der Waals surface area contributed by atoms with E-state index in [0.717, 1.165) is 5.82 Å². The summed E-state index contributed by atoms with van der Waals surface area (Å²) < 4.78 is 1.86. The molecule has 0 saturated carbocycles. The van der Waals surface area contributed by atoms with E-state index >= 15 is 0 Å². The van der Waals surface area contributed by atoms with Gasteiger partial charge in [0.1, 0.15) is 5.82 Å². The topological polar surface area (TPSA) is 67.2 Å². The van der Waals surface area contributed by atoms with Gasteiger partial charge in [-0.1, -0.05) is 11.6 Å². The summed E-state index contributed by atoms with van der Waals surface area (Å²) in [5, 5.41) is 12.6. The Morgan fingerprint density at radius 3 is 2.94 bits per heavy atom. The van der Waals surface area contributed by atoms with Gasteiger partial charge < -0.3 is 15.0 Å². The summed E-state index contributed by atoms with van der Waals surface area (Å²) >= 11 is 5.86. The quantitative estimate of drug-likeness (QED) is 0.891. The van der Waals surface area contributed by atoms with Crippen LogP contribution in [0.4, 0.5) is 5.69 Å². The SMILES string of the molecule is Cn1ccnc1CNc1cc(Cl)ccc1C(=O)O. The molecule has 0 atom stereocenters. The number of imidazole rings is 1. The lowest BCUT2D eigenvalue weighted by molar-refractivity contribution is 0.0698. The van der Waals surface area contributed by atoms with E-state index in [1.807, 2.05) is 17.8 Å². The minimum Gasteiger partial charge on any atom is -0.478 e. The number of carbonyl (C=O) groups is 1. The maximum Gasteiger partial charge on any atom is 0.337 e. The third-order valence-corrected chi connectivity index (χ3v) is 2.81. The first-order valence-corrected chi connectivity index (χ1v) is 5.68. The van der Waals surface area contributed by atoms with Crippen molar-refractivity contribution in [3.63, 3.8) is 0 Å². The number of hydrogen-bond donors (Lipinski definition) is 2. The molecule has 0 radical (unpaired) electrons. The molecule has 6 heteroatoms. The number of halogens is 1. The van der Waals surface area contributed by atoms with Crippen molar-refractivity contribution >= 4 is 23.3 Å². The summed E-state index contributed by atoms with van der Waals surface area (Å²) in [4.78, 5) is 15.2. The van der Waals surface area contributed by atoms with Crippen molar-refractivity contribution in [3.8, 4) is 0 Å². The van der Waals surface area contributed by atoms with E-state index in [0.29, 0.717) is 17.3 Å². The number of carboxylic acid groups (broad SMARTS) is 1. The lowest BCUT2D eigenvalue weighted by atomic mass is 10.2. The fourth-order valence-electron chi connectivity index (χ4n) is 1.59. The highest BCUT2D eigenvalue weighted by atomic mass is 35.5. The summed E-state index contributed by atoms with van der Waals surface area (Å²) in [6, 6.07) is 4.62. The van der Waals surface area contributed by atoms with E-state index in [1.165, 1.54) is 6.07 Å². The van der Waals surface area contributed by atoms with Crippen LogP contribution >= 0.6 is 11.6 Å². The van der Waals surface area contributed by atoms with Crippen LogP contribution in [0.3, 0.4) is 0 Å². The fourth-order valence-corrected chi connectivity index (χ4v) is 1.76. The number of nitrogens with zero attached hydrogens (tertiary/aromatic N) is 2. The van der Waals surface area contributed by atoms with Crippen LogP contribution in [0.25, 0.3) is 0 Å². The number of aromatic carboxylic acids is 1. The van der Waals surface area contributed by atoms with Gasteiger partial charge in [0, 0.05) is 24.5 Å². The first-order valence-electron chi connectivity index (χ1n) is 5.31. The molecule has 1 heterocycles. The molecular weight excluding hydrogens is 254 g/mol. The molecule has 5 nitrogen and oxygen atoms in total. The molecule has 0 aliphatic rings. The first-order chi connectivity index (χ1) is 8.58. The van der Waals surface area contributed by atoms with Crippen LogP contribution in [0.5, 0.6) is 0 Å². The van der Waals surface area contributed by atoms with Gasteiger partial charge >= 0.3 is 5.97 Å². The van der Waals surface area contributed by atoms with Gasteiger partial charge in [0.15, 0.2) is 0 Å². The predicted octanol–water partition coefficient (Wildman–Crippen LogP) is 2.38. The largest absolute Gasteiger partial charge is 0.478 e. The van der Waals surface area contributed by atoms with Crippen molar-refractivity contribution in [2.24, 2.45) is 7.05 Å². The van der Waals surface area contributed by atoms with Crippen LogP contribution in [-0.2, 0) is 13.6 Å². The lowest BCUT2D eigenvalue weighted by Crippen LogP contribution is -2.09. The molecule has 0 aliphatic heterocycles. The second-order valence-corrected chi connectivity index (χ2v) is 4.24. The first kappa shape index (κ1) is 12.4. The number of aryl methyl sites for hydroxylation is 1. The molecule has 0 unspecified atom stereocenters. The molecule has 2 rings (SSSR count). The van der Waals surface area contributed by atoms with Gasteiger partial charge in [0.2, 0.25) is 0 Å². The van der Waals surface area contributed by atoms with Gasteiger partial charge in [-0.3, -0.25) is 0 Å². The summed E-state index contributed by atoms with van der Waals surface area (Å²) in [6.07, 6.45) is 3.51. The number of anilines is 1. The predicted molar refractivity (Wildman–Crippen MR) is 68.9 cm³/mol. The van der Waals surface area contributed by atoms with Crippen LogP contribution in [0, 0.1) is 0 Å². The van der Waals surface area contributed by atoms with Gasteiger partial charge in [-0.2, -0.15) is 0 Å². The number of carboxylic acids is 1. The summed E-state index contributed by atoms with van der Waals surface area (Å²) in [7, 11) is 1.88. The summed E-state index contributed by atoms with van der Waals surface area (Å²) in [5.41, 5.74) is 0.673. The zero-order valence-corrected chi connectivity index (χ0v) is 10.5. The molecule has 2 aromatic rings. The van der Waals surface area contributed by atoms with E-state index in [1.54, 1.807) is 18.3 Å². The van der Waals surface area contributed by atoms with E-state index in [4.69, 9.17) is 16.7 Å². The van der Waals surface area contributed by atoms with Gasteiger partial charge in [0.25, 0.3) is 0 Å². The number of hydrogen-bond acceptors (Lipinski definition) is 3. The maximum absolute atomic E-state index is 11.1. The number of benzene rings is 1. The normalized spacial score (nSPS) is 10.3. The summed E-state index contributed by atoms with van der Waals surface area (Å²) in [5.74, 6) is -0.180. The van der Waals surface area contributed by atoms with Crippen molar-refractivity contribution in [1.82, 2.24) is 9.55 Å². The molecule has 2 N–H and O–H groups in total. The van der Waals surface area contributed by atoms with Crippen LogP contribution in [0.1, 0.15) is 16.2 Å². The Balaban J connectivity index is 2.20. The van der Waals surface area contributed by atoms with Gasteiger partial charge in [-0.15, -0.1) is 0 Å². The van der Waals surface area contributed by atoms with Gasteiger partial charge in [-0.05, 0) is 18.2 Å². The van der Waals surface area contributed by atoms with E-state index < -0.39 is 5.97 Å². The Morgan fingerprint density at radius 2 is 2.33 bits per heavy atom. The van der Waals surface area contributed by atoms with Crippen LogP contribution < -0.4 is 5.32 Å². The smallest absolute Gasteiger partial charge is 0.337 e. The van der Waals surface area contributed by atoms with Crippen molar-refractivity contribution < 1.29 is 9.90 Å². The van der Waals surface area contributed by atoms with Crippen LogP contribution in [0.15, 0.2) is 30.6 Å². The molecule has 0 saturated heterocycles. The molecular formula is C12H12ClN3O2. The van der Waals surface area contributed by atoms with Gasteiger partial charge in [0.05, 0.1) is 17.8 Å². The molecule has 0 spiro atoms. The zero-order chi connectivity index (χ0) is 13.1. The van der Waals surface area contributed by atoms with E-state index in [-0.39, 0.29) is 5.56 Å². The number of rotatable bonds is 4. The second kappa shape index (κ2) is 5.10. The number of aromatic nitrogens is 2. The Hall–Kier alpha value is -2.01. The van der Waals surface area contributed by atoms with Crippen molar-refractivity contribution in [3.05, 3.63) is 47.0 Å². The third-order valence-electron chi connectivity index (χ3n) is 2.57. The Bertz CT molecular complexity index is 580. The Morgan fingerprint density at radius 1 is 1.56 bits per heavy atom. The highest BCUT2D eigenvalue weighted by molar-refractivity contribution is 6.31. The third kappa shape index (κ3) is 2.62. The van der Waals surface area contributed by atoms with E-state index in [9.17, 15) is 4.79 Å². The molecule has 0 aliphatic carbocycles. The molecule has 0 fully saturated rings. The minimum absolute atomic E-state index is 0.189. The molecule has 94 valence electrons. The van der Waals surface area contributed by atoms with Crippen molar-refractivity contribution in [2.75, 3.05) is 5.32 Å². The lowest BCUT2D eigenvalue weighted by Gasteiger charge is -2.10. The fraction of sp³-hybridized carbons (Fsp3) is 0.167. The van der Waals surface area contributed by atoms with Crippen molar-refractivity contribution in [2.45, 2.75) is 6.54 Å². The maximum atomic E-state index is 11.1. The molecule has 1 aromatic carbocycles. The average molecular weight is 266 g/mol. The molecule has 18 heavy (non-hydrogen) atoms. The number of nitrogens with one attached hydrogen (secondary N) is 1. The highest BCUT2D eigenvalue weighted by Crippen LogP contribution is 2.21. The summed E-state index contributed by atoms with van der Waals surface area (Å²) in [6.45, 7) is 0.435.